The minimum absolute atomic E-state index is 0.492. The van der Waals surface area contributed by atoms with Crippen molar-refractivity contribution in [1.29, 1.82) is 0 Å². The van der Waals surface area contributed by atoms with Gasteiger partial charge in [-0.1, -0.05) is 42.5 Å². The van der Waals surface area contributed by atoms with Crippen molar-refractivity contribution in [2.24, 2.45) is 0 Å². The quantitative estimate of drug-likeness (QED) is 0.660. The van der Waals surface area contributed by atoms with Crippen molar-refractivity contribution in [2.75, 3.05) is 13.6 Å². The van der Waals surface area contributed by atoms with E-state index < -0.39 is 0 Å². The van der Waals surface area contributed by atoms with Gasteiger partial charge in [0.05, 0.1) is 6.04 Å². The van der Waals surface area contributed by atoms with Crippen molar-refractivity contribution in [1.82, 2.24) is 4.90 Å². The third-order valence-electron chi connectivity index (χ3n) is 4.19. The third-order valence-corrected chi connectivity index (χ3v) is 4.19. The van der Waals surface area contributed by atoms with Gasteiger partial charge in [-0.2, -0.15) is 0 Å². The van der Waals surface area contributed by atoms with E-state index in [0.717, 1.165) is 6.54 Å². The van der Waals surface area contributed by atoms with Crippen molar-refractivity contribution < 1.29 is 0 Å². The molecule has 0 fully saturated rings. The van der Waals surface area contributed by atoms with Crippen LogP contribution in [0.3, 0.4) is 0 Å². The largest absolute Gasteiger partial charge is 0.295 e. The Morgan fingerprint density at radius 1 is 1.00 bits per heavy atom. The van der Waals surface area contributed by atoms with E-state index in [2.05, 4.69) is 54.4 Å². The SMILES string of the molecule is CN1CCc2cccc3c2[C@@H]1c1ccccc1-3. The Bertz CT molecular complexity index is 600. The molecule has 2 aromatic rings. The first-order valence-corrected chi connectivity index (χ1v) is 6.27. The fourth-order valence-electron chi connectivity index (χ4n) is 3.41. The van der Waals surface area contributed by atoms with Crippen molar-refractivity contribution in [2.45, 2.75) is 12.5 Å². The average molecular weight is 221 g/mol. The van der Waals surface area contributed by atoms with Crippen molar-refractivity contribution >= 4 is 0 Å². The second-order valence-corrected chi connectivity index (χ2v) is 5.10. The zero-order chi connectivity index (χ0) is 11.4. The predicted molar refractivity (Wildman–Crippen MR) is 70.1 cm³/mol. The van der Waals surface area contributed by atoms with Crippen LogP contribution in [0.2, 0.25) is 0 Å². The zero-order valence-corrected chi connectivity index (χ0v) is 9.98. The van der Waals surface area contributed by atoms with Crippen LogP contribution in [0.25, 0.3) is 11.1 Å². The molecule has 4 rings (SSSR count). The highest BCUT2D eigenvalue weighted by Crippen LogP contribution is 2.48. The van der Waals surface area contributed by atoms with Gasteiger partial charge in [-0.05, 0) is 41.3 Å². The Morgan fingerprint density at radius 2 is 1.82 bits per heavy atom. The summed E-state index contributed by atoms with van der Waals surface area (Å²) in [6.45, 7) is 1.16. The number of nitrogens with zero attached hydrogens (tertiary/aromatic N) is 1. The maximum absolute atomic E-state index is 2.48. The maximum atomic E-state index is 2.48. The average Bonchev–Trinajstić information content (AvgIpc) is 2.71. The number of hydrogen-bond donors (Lipinski definition) is 0. The van der Waals surface area contributed by atoms with Gasteiger partial charge in [-0.15, -0.1) is 0 Å². The highest BCUT2D eigenvalue weighted by molar-refractivity contribution is 5.80. The summed E-state index contributed by atoms with van der Waals surface area (Å²) >= 11 is 0. The number of hydrogen-bond acceptors (Lipinski definition) is 1. The first-order valence-electron chi connectivity index (χ1n) is 6.27. The molecular weight excluding hydrogens is 206 g/mol. The fourth-order valence-corrected chi connectivity index (χ4v) is 3.41. The third kappa shape index (κ3) is 1.12. The molecule has 0 amide bonds. The van der Waals surface area contributed by atoms with Gasteiger partial charge in [0.2, 0.25) is 0 Å². The van der Waals surface area contributed by atoms with Gasteiger partial charge in [-0.25, -0.2) is 0 Å². The van der Waals surface area contributed by atoms with E-state index in [1.807, 2.05) is 0 Å². The van der Waals surface area contributed by atoms with E-state index in [9.17, 15) is 0 Å². The molecule has 2 aliphatic rings. The van der Waals surface area contributed by atoms with E-state index in [1.54, 1.807) is 11.1 Å². The lowest BCUT2D eigenvalue weighted by atomic mass is 9.92. The monoisotopic (exact) mass is 221 g/mol. The van der Waals surface area contributed by atoms with Crippen LogP contribution in [0.1, 0.15) is 22.7 Å². The van der Waals surface area contributed by atoms with E-state index in [-0.39, 0.29) is 0 Å². The van der Waals surface area contributed by atoms with Crippen LogP contribution in [0.5, 0.6) is 0 Å². The van der Waals surface area contributed by atoms with Crippen LogP contribution in [-0.4, -0.2) is 18.5 Å². The van der Waals surface area contributed by atoms with E-state index in [0.29, 0.717) is 6.04 Å². The number of benzene rings is 2. The standard InChI is InChI=1S/C16H15N/c1-17-10-9-11-5-4-8-13-12-6-2-3-7-14(12)16(17)15(11)13/h2-8,16H,9-10H2,1H3/t16-/m0/s1. The van der Waals surface area contributed by atoms with Crippen LogP contribution in [-0.2, 0) is 6.42 Å². The van der Waals surface area contributed by atoms with Gasteiger partial charge in [0.15, 0.2) is 0 Å². The molecule has 0 saturated carbocycles. The van der Waals surface area contributed by atoms with E-state index >= 15 is 0 Å². The Labute approximate surface area is 102 Å². The Hall–Kier alpha value is -1.60. The number of rotatable bonds is 0. The molecule has 0 saturated heterocycles. The van der Waals surface area contributed by atoms with Crippen LogP contribution >= 0.6 is 0 Å². The summed E-state index contributed by atoms with van der Waals surface area (Å²) in [4.78, 5) is 2.48. The van der Waals surface area contributed by atoms with Crippen molar-refractivity contribution in [3.63, 3.8) is 0 Å². The van der Waals surface area contributed by atoms with Gasteiger partial charge in [0, 0.05) is 6.54 Å². The summed E-state index contributed by atoms with van der Waals surface area (Å²) in [7, 11) is 2.24. The molecule has 84 valence electrons. The molecule has 1 nitrogen and oxygen atoms in total. The second kappa shape index (κ2) is 3.21. The molecule has 0 unspecified atom stereocenters. The molecule has 1 heterocycles. The lowest BCUT2D eigenvalue weighted by Crippen LogP contribution is -2.31. The summed E-state index contributed by atoms with van der Waals surface area (Å²) < 4.78 is 0. The Morgan fingerprint density at radius 3 is 2.76 bits per heavy atom. The molecule has 1 aliphatic heterocycles. The molecule has 0 bridgehead atoms. The van der Waals surface area contributed by atoms with Crippen LogP contribution in [0, 0.1) is 0 Å². The smallest absolute Gasteiger partial charge is 0.0614 e. The normalized spacial score (nSPS) is 21.1. The molecule has 0 radical (unpaired) electrons. The summed E-state index contributed by atoms with van der Waals surface area (Å²) in [6, 6.07) is 16.1. The van der Waals surface area contributed by atoms with E-state index in [4.69, 9.17) is 0 Å². The Balaban J connectivity index is 2.09. The molecule has 1 atom stereocenters. The highest BCUT2D eigenvalue weighted by Gasteiger charge is 2.35. The minimum atomic E-state index is 0.492. The molecule has 0 N–H and O–H groups in total. The second-order valence-electron chi connectivity index (χ2n) is 5.10. The molecule has 0 spiro atoms. The summed E-state index contributed by atoms with van der Waals surface area (Å²) in [5.74, 6) is 0. The van der Waals surface area contributed by atoms with Crippen molar-refractivity contribution in [3.8, 4) is 11.1 Å². The lowest BCUT2D eigenvalue weighted by Gasteiger charge is -2.32. The Kier molecular flexibility index (Phi) is 1.78. The zero-order valence-electron chi connectivity index (χ0n) is 9.98. The maximum Gasteiger partial charge on any atom is 0.0614 e. The van der Waals surface area contributed by atoms with Gasteiger partial charge in [-0.3, -0.25) is 4.90 Å². The molecule has 1 heteroatoms. The van der Waals surface area contributed by atoms with Crippen LogP contribution in [0.15, 0.2) is 42.5 Å². The molecule has 0 aromatic heterocycles. The van der Waals surface area contributed by atoms with Crippen LogP contribution in [0.4, 0.5) is 0 Å². The fraction of sp³-hybridized carbons (Fsp3) is 0.250. The number of fused-ring (bicyclic) bond motifs is 3. The first-order chi connectivity index (χ1) is 8.36. The van der Waals surface area contributed by atoms with Crippen molar-refractivity contribution in [3.05, 3.63) is 59.2 Å². The van der Waals surface area contributed by atoms with Gasteiger partial charge >= 0.3 is 0 Å². The first kappa shape index (κ1) is 9.43. The molecule has 2 aromatic carbocycles. The van der Waals surface area contributed by atoms with Gasteiger partial charge in [0.1, 0.15) is 0 Å². The lowest BCUT2D eigenvalue weighted by molar-refractivity contribution is 0.269. The predicted octanol–water partition coefficient (Wildman–Crippen LogP) is 3.24. The molecular formula is C16H15N. The summed E-state index contributed by atoms with van der Waals surface area (Å²) in [6.07, 6.45) is 1.18. The highest BCUT2D eigenvalue weighted by atomic mass is 15.1. The number of likely N-dealkylation sites (N-methyl/N-ethyl adjacent to an activating group) is 1. The summed E-state index contributed by atoms with van der Waals surface area (Å²) in [5, 5.41) is 0. The van der Waals surface area contributed by atoms with Crippen LogP contribution < -0.4 is 0 Å². The minimum Gasteiger partial charge on any atom is -0.295 e. The van der Waals surface area contributed by atoms with E-state index in [1.165, 1.54) is 23.1 Å². The van der Waals surface area contributed by atoms with Gasteiger partial charge < -0.3 is 0 Å². The topological polar surface area (TPSA) is 3.24 Å². The molecule has 1 aliphatic carbocycles. The summed E-state index contributed by atoms with van der Waals surface area (Å²) in [5.41, 5.74) is 7.47. The van der Waals surface area contributed by atoms with Gasteiger partial charge in [0.25, 0.3) is 0 Å². The molecule has 17 heavy (non-hydrogen) atoms.